The number of ketones is 1. The molecule has 1 aliphatic heterocycles. The highest BCUT2D eigenvalue weighted by Gasteiger charge is 2.29. The molecule has 0 aromatic heterocycles. The van der Waals surface area contributed by atoms with Gasteiger partial charge in [0.25, 0.3) is 0 Å². The van der Waals surface area contributed by atoms with Crippen LogP contribution in [0.5, 0.6) is 0 Å². The second kappa shape index (κ2) is 4.95. The molecule has 0 aromatic carbocycles. The fraction of sp³-hybridized carbons (Fsp3) is 0.833. The summed E-state index contributed by atoms with van der Waals surface area (Å²) in [6.07, 6.45) is 1.60. The topological polar surface area (TPSA) is 57.6 Å². The average molecular weight is 227 g/mol. The van der Waals surface area contributed by atoms with Crippen LogP contribution in [0, 0.1) is 11.3 Å². The molecule has 1 atom stereocenters. The molecule has 0 amide bonds. The minimum absolute atomic E-state index is 0.179. The molecule has 1 saturated heterocycles. The molecular weight excluding hydrogens is 206 g/mol. The van der Waals surface area contributed by atoms with Crippen molar-refractivity contribution in [3.8, 4) is 0 Å². The number of piperidine rings is 1. The third kappa shape index (κ3) is 3.59. The second-order valence-corrected chi connectivity index (χ2v) is 5.59. The van der Waals surface area contributed by atoms with Gasteiger partial charge in [0.2, 0.25) is 0 Å². The van der Waals surface area contributed by atoms with E-state index in [1.54, 1.807) is 0 Å². The number of carboxylic acids is 1. The van der Waals surface area contributed by atoms with Crippen molar-refractivity contribution in [2.24, 2.45) is 11.3 Å². The maximum Gasteiger partial charge on any atom is 0.307 e. The van der Waals surface area contributed by atoms with Crippen molar-refractivity contribution in [3.63, 3.8) is 0 Å². The van der Waals surface area contributed by atoms with Crippen molar-refractivity contribution in [2.75, 3.05) is 19.6 Å². The Bertz CT molecular complexity index is 280. The van der Waals surface area contributed by atoms with Gasteiger partial charge in [-0.25, -0.2) is 0 Å². The SMILES string of the molecule is CC(C)(C)C(=O)CN1CCCC(C(=O)O)C1. The highest BCUT2D eigenvalue weighted by molar-refractivity contribution is 5.85. The summed E-state index contributed by atoms with van der Waals surface area (Å²) >= 11 is 0. The van der Waals surface area contributed by atoms with Crippen molar-refractivity contribution in [3.05, 3.63) is 0 Å². The number of aliphatic carboxylic acids is 1. The number of Topliss-reactive ketones (excluding diaryl/α,β-unsaturated/α-hetero) is 1. The summed E-state index contributed by atoms with van der Waals surface area (Å²) in [5, 5.41) is 8.94. The Kier molecular flexibility index (Phi) is 4.08. The minimum Gasteiger partial charge on any atom is -0.481 e. The van der Waals surface area contributed by atoms with Crippen molar-refractivity contribution < 1.29 is 14.7 Å². The lowest BCUT2D eigenvalue weighted by molar-refractivity contribution is -0.144. The van der Waals surface area contributed by atoms with Gasteiger partial charge in [-0.05, 0) is 19.4 Å². The summed E-state index contributed by atoms with van der Waals surface area (Å²) < 4.78 is 0. The normalized spacial score (nSPS) is 23.1. The first-order valence-electron chi connectivity index (χ1n) is 5.79. The summed E-state index contributed by atoms with van der Waals surface area (Å²) in [6.45, 7) is 7.42. The van der Waals surface area contributed by atoms with E-state index in [1.807, 2.05) is 25.7 Å². The zero-order chi connectivity index (χ0) is 12.3. The van der Waals surface area contributed by atoms with Crippen LogP contribution in [-0.2, 0) is 9.59 Å². The third-order valence-electron chi connectivity index (χ3n) is 3.06. The summed E-state index contributed by atoms with van der Waals surface area (Å²) in [5.41, 5.74) is -0.337. The number of nitrogens with zero attached hydrogens (tertiary/aromatic N) is 1. The fourth-order valence-corrected chi connectivity index (χ4v) is 1.84. The quantitative estimate of drug-likeness (QED) is 0.791. The lowest BCUT2D eigenvalue weighted by atomic mass is 9.89. The van der Waals surface area contributed by atoms with Crippen molar-refractivity contribution in [1.29, 1.82) is 0 Å². The van der Waals surface area contributed by atoms with E-state index in [1.165, 1.54) is 0 Å². The van der Waals surface area contributed by atoms with Gasteiger partial charge >= 0.3 is 5.97 Å². The van der Waals surface area contributed by atoms with Crippen LogP contribution in [-0.4, -0.2) is 41.4 Å². The van der Waals surface area contributed by atoms with Crippen molar-refractivity contribution in [2.45, 2.75) is 33.6 Å². The van der Waals surface area contributed by atoms with E-state index in [9.17, 15) is 9.59 Å². The molecule has 1 fully saturated rings. The van der Waals surface area contributed by atoms with E-state index in [-0.39, 0.29) is 17.1 Å². The summed E-state index contributed by atoms with van der Waals surface area (Å²) in [4.78, 5) is 24.7. The van der Waals surface area contributed by atoms with Crippen LogP contribution in [0.3, 0.4) is 0 Å². The Morgan fingerprint density at radius 2 is 2.00 bits per heavy atom. The first-order chi connectivity index (χ1) is 7.30. The monoisotopic (exact) mass is 227 g/mol. The number of carboxylic acid groups (broad SMARTS) is 1. The third-order valence-corrected chi connectivity index (χ3v) is 3.06. The highest BCUT2D eigenvalue weighted by atomic mass is 16.4. The van der Waals surface area contributed by atoms with Crippen LogP contribution in [0.4, 0.5) is 0 Å². The lowest BCUT2D eigenvalue weighted by Crippen LogP contribution is -2.43. The Labute approximate surface area is 96.6 Å². The fourth-order valence-electron chi connectivity index (χ4n) is 1.84. The van der Waals surface area contributed by atoms with Gasteiger partial charge < -0.3 is 5.11 Å². The molecule has 92 valence electrons. The van der Waals surface area contributed by atoms with Gasteiger partial charge in [0.15, 0.2) is 5.78 Å². The first-order valence-corrected chi connectivity index (χ1v) is 5.79. The molecule has 0 aromatic rings. The molecule has 0 radical (unpaired) electrons. The molecule has 4 heteroatoms. The van der Waals surface area contributed by atoms with E-state index in [0.717, 1.165) is 19.4 Å². The average Bonchev–Trinajstić information content (AvgIpc) is 2.16. The van der Waals surface area contributed by atoms with Gasteiger partial charge in [-0.2, -0.15) is 0 Å². The molecule has 16 heavy (non-hydrogen) atoms. The maximum atomic E-state index is 11.8. The van der Waals surface area contributed by atoms with Gasteiger partial charge in [-0.1, -0.05) is 20.8 Å². The van der Waals surface area contributed by atoms with Crippen molar-refractivity contribution >= 4 is 11.8 Å². The lowest BCUT2D eigenvalue weighted by Gasteiger charge is -2.31. The zero-order valence-electron chi connectivity index (χ0n) is 10.3. The first kappa shape index (κ1) is 13.2. The molecule has 4 nitrogen and oxygen atoms in total. The Morgan fingerprint density at radius 1 is 1.38 bits per heavy atom. The number of carbonyl (C=O) groups excluding carboxylic acids is 1. The molecule has 0 spiro atoms. The maximum absolute atomic E-state index is 11.8. The van der Waals surface area contributed by atoms with Crippen molar-refractivity contribution in [1.82, 2.24) is 4.90 Å². The van der Waals surface area contributed by atoms with Gasteiger partial charge in [-0.15, -0.1) is 0 Å². The Hall–Kier alpha value is -0.900. The zero-order valence-corrected chi connectivity index (χ0v) is 10.3. The molecule has 1 N–H and O–H groups in total. The Balaban J connectivity index is 2.49. The predicted molar refractivity (Wildman–Crippen MR) is 61.3 cm³/mol. The van der Waals surface area contributed by atoms with Crippen LogP contribution in [0.25, 0.3) is 0 Å². The summed E-state index contributed by atoms with van der Waals surface area (Å²) in [6, 6.07) is 0. The second-order valence-electron chi connectivity index (χ2n) is 5.59. The number of hydrogen-bond donors (Lipinski definition) is 1. The van der Waals surface area contributed by atoms with Gasteiger partial charge in [0.05, 0.1) is 12.5 Å². The van der Waals surface area contributed by atoms with Crippen LogP contribution in [0.1, 0.15) is 33.6 Å². The number of carbonyl (C=O) groups is 2. The summed E-state index contributed by atoms with van der Waals surface area (Å²) in [5.74, 6) is -0.868. The molecule has 0 aliphatic carbocycles. The van der Waals surface area contributed by atoms with Crippen LogP contribution < -0.4 is 0 Å². The Morgan fingerprint density at radius 3 is 2.50 bits per heavy atom. The molecular formula is C12H21NO3. The van der Waals surface area contributed by atoms with Gasteiger partial charge in [-0.3, -0.25) is 14.5 Å². The largest absolute Gasteiger partial charge is 0.481 e. The molecule has 1 heterocycles. The van der Waals surface area contributed by atoms with E-state index >= 15 is 0 Å². The molecule has 1 unspecified atom stereocenters. The number of rotatable bonds is 3. The number of hydrogen-bond acceptors (Lipinski definition) is 3. The summed E-state index contributed by atoms with van der Waals surface area (Å²) in [7, 11) is 0. The molecule has 1 rings (SSSR count). The van der Waals surface area contributed by atoms with Gasteiger partial charge in [0.1, 0.15) is 0 Å². The van der Waals surface area contributed by atoms with E-state index < -0.39 is 5.97 Å². The highest BCUT2D eigenvalue weighted by Crippen LogP contribution is 2.20. The molecule has 0 saturated carbocycles. The van der Waals surface area contributed by atoms with E-state index in [0.29, 0.717) is 13.1 Å². The van der Waals surface area contributed by atoms with Crippen LogP contribution in [0.2, 0.25) is 0 Å². The molecule has 1 aliphatic rings. The number of likely N-dealkylation sites (tertiary alicyclic amines) is 1. The van der Waals surface area contributed by atoms with Crippen LogP contribution >= 0.6 is 0 Å². The minimum atomic E-state index is -0.743. The van der Waals surface area contributed by atoms with Crippen LogP contribution in [0.15, 0.2) is 0 Å². The predicted octanol–water partition coefficient (Wildman–Crippen LogP) is 1.40. The van der Waals surface area contributed by atoms with E-state index in [4.69, 9.17) is 5.11 Å². The standard InChI is InChI=1S/C12H21NO3/c1-12(2,3)10(14)8-13-6-4-5-9(7-13)11(15)16/h9H,4-8H2,1-3H3,(H,15,16). The van der Waals surface area contributed by atoms with Gasteiger partial charge in [0, 0.05) is 12.0 Å². The van der Waals surface area contributed by atoms with E-state index in [2.05, 4.69) is 0 Å². The molecule has 0 bridgehead atoms. The smallest absolute Gasteiger partial charge is 0.307 e.